The normalized spacial score (nSPS) is 18.3. The number of imidazole rings is 1. The molecule has 35 heavy (non-hydrogen) atoms. The van der Waals surface area contributed by atoms with E-state index in [1.54, 1.807) is 36.4 Å². The molecule has 0 aliphatic carbocycles. The van der Waals surface area contributed by atoms with Gasteiger partial charge in [0, 0.05) is 24.7 Å². The Morgan fingerprint density at radius 1 is 1.06 bits per heavy atom. The first-order valence-corrected chi connectivity index (χ1v) is 11.7. The highest BCUT2D eigenvalue weighted by atomic mass is 19.1. The summed E-state index contributed by atoms with van der Waals surface area (Å²) in [6, 6.07) is 10.5. The van der Waals surface area contributed by atoms with E-state index in [0.717, 1.165) is 11.3 Å². The number of fused-ring (bicyclic) bond motifs is 1. The van der Waals surface area contributed by atoms with Gasteiger partial charge in [-0.3, -0.25) is 9.59 Å². The smallest absolute Gasteiger partial charge is 0.274 e. The highest BCUT2D eigenvalue weighted by Crippen LogP contribution is 2.29. The Balaban J connectivity index is 1.19. The van der Waals surface area contributed by atoms with Gasteiger partial charge in [-0.15, -0.1) is 0 Å². The van der Waals surface area contributed by atoms with Crippen molar-refractivity contribution < 1.29 is 23.1 Å². The van der Waals surface area contributed by atoms with Gasteiger partial charge in [0.15, 0.2) is 5.69 Å². The number of hydrogen-bond donors (Lipinski definition) is 1. The summed E-state index contributed by atoms with van der Waals surface area (Å²) in [5, 5.41) is 2.88. The minimum absolute atomic E-state index is 0.119. The van der Waals surface area contributed by atoms with Crippen LogP contribution < -0.4 is 5.32 Å². The molecule has 7 nitrogen and oxygen atoms in total. The molecule has 2 aliphatic heterocycles. The first-order valence-electron chi connectivity index (χ1n) is 11.7. The van der Waals surface area contributed by atoms with Gasteiger partial charge in [0.05, 0.1) is 25.2 Å². The van der Waals surface area contributed by atoms with Gasteiger partial charge in [0.1, 0.15) is 17.7 Å². The predicted octanol–water partition coefficient (Wildman–Crippen LogP) is 4.23. The first-order chi connectivity index (χ1) is 16.9. The number of likely N-dealkylation sites (tertiary alicyclic amines) is 1. The van der Waals surface area contributed by atoms with Crippen LogP contribution in [-0.4, -0.2) is 39.4 Å². The van der Waals surface area contributed by atoms with Gasteiger partial charge in [-0.2, -0.15) is 0 Å². The van der Waals surface area contributed by atoms with Crippen LogP contribution in [0, 0.1) is 24.5 Å². The maximum absolute atomic E-state index is 13.3. The third-order valence-electron chi connectivity index (χ3n) is 6.77. The Labute approximate surface area is 201 Å². The number of nitrogens with one attached hydrogen (secondary N) is 1. The quantitative estimate of drug-likeness (QED) is 0.606. The van der Waals surface area contributed by atoms with E-state index in [2.05, 4.69) is 10.3 Å². The molecule has 3 aromatic rings. The van der Waals surface area contributed by atoms with Crippen molar-refractivity contribution in [3.05, 3.63) is 82.9 Å². The summed E-state index contributed by atoms with van der Waals surface area (Å²) in [5.74, 6) is -1.15. The highest BCUT2D eigenvalue weighted by molar-refractivity contribution is 5.95. The number of rotatable bonds is 4. The summed E-state index contributed by atoms with van der Waals surface area (Å²) in [7, 11) is 0. The van der Waals surface area contributed by atoms with Crippen LogP contribution in [0.4, 0.5) is 14.5 Å². The van der Waals surface area contributed by atoms with E-state index >= 15 is 0 Å². The number of aromatic nitrogens is 2. The molecule has 1 unspecified atom stereocenters. The number of benzene rings is 2. The molecular weight excluding hydrogens is 454 g/mol. The Hall–Kier alpha value is -3.59. The molecule has 5 rings (SSSR count). The van der Waals surface area contributed by atoms with Gasteiger partial charge in [-0.05, 0) is 61.2 Å². The minimum Gasteiger partial charge on any atom is -0.365 e. The molecule has 0 saturated carbocycles. The number of ether oxygens (including phenoxy) is 1. The third kappa shape index (κ3) is 4.81. The molecule has 3 heterocycles. The van der Waals surface area contributed by atoms with E-state index in [4.69, 9.17) is 4.74 Å². The van der Waals surface area contributed by atoms with E-state index in [1.165, 1.54) is 24.3 Å². The number of aryl methyl sites for hydroxylation is 1. The molecule has 9 heteroatoms. The second-order valence-electron chi connectivity index (χ2n) is 9.06. The minimum atomic E-state index is -0.342. The average Bonchev–Trinajstić information content (AvgIpc) is 3.29. The van der Waals surface area contributed by atoms with Gasteiger partial charge in [0.25, 0.3) is 5.91 Å². The number of piperidine rings is 1. The predicted molar refractivity (Wildman–Crippen MR) is 125 cm³/mol. The van der Waals surface area contributed by atoms with Crippen LogP contribution in [0.5, 0.6) is 0 Å². The molecule has 1 aromatic heterocycles. The van der Waals surface area contributed by atoms with Crippen molar-refractivity contribution in [3.63, 3.8) is 0 Å². The Morgan fingerprint density at radius 3 is 2.49 bits per heavy atom. The highest BCUT2D eigenvalue weighted by Gasteiger charge is 2.32. The largest absolute Gasteiger partial charge is 0.365 e. The van der Waals surface area contributed by atoms with E-state index in [9.17, 15) is 18.4 Å². The van der Waals surface area contributed by atoms with Crippen molar-refractivity contribution in [1.29, 1.82) is 0 Å². The molecule has 1 fully saturated rings. The van der Waals surface area contributed by atoms with Gasteiger partial charge < -0.3 is 19.5 Å². The molecule has 1 saturated heterocycles. The third-order valence-corrected chi connectivity index (χ3v) is 6.77. The van der Waals surface area contributed by atoms with Crippen LogP contribution in [0.15, 0.2) is 48.8 Å². The fourth-order valence-corrected chi connectivity index (χ4v) is 4.68. The monoisotopic (exact) mass is 480 g/mol. The molecule has 2 amide bonds. The fraction of sp³-hybridized carbons (Fsp3) is 0.346. The molecular formula is C26H26F2N4O3. The maximum Gasteiger partial charge on any atom is 0.274 e. The lowest BCUT2D eigenvalue weighted by molar-refractivity contribution is -0.121. The Kier molecular flexibility index (Phi) is 6.34. The first kappa shape index (κ1) is 23.2. The van der Waals surface area contributed by atoms with Gasteiger partial charge in [0.2, 0.25) is 5.91 Å². The van der Waals surface area contributed by atoms with Crippen molar-refractivity contribution in [2.75, 3.05) is 18.4 Å². The van der Waals surface area contributed by atoms with Crippen LogP contribution in [0.3, 0.4) is 0 Å². The number of carbonyl (C=O) groups is 2. The Morgan fingerprint density at radius 2 is 1.77 bits per heavy atom. The number of amides is 2. The molecule has 0 bridgehead atoms. The lowest BCUT2D eigenvalue weighted by atomic mass is 9.95. The van der Waals surface area contributed by atoms with Crippen molar-refractivity contribution in [2.24, 2.45) is 5.92 Å². The number of hydrogen-bond acceptors (Lipinski definition) is 4. The topological polar surface area (TPSA) is 76.5 Å². The van der Waals surface area contributed by atoms with E-state index in [0.29, 0.717) is 49.4 Å². The van der Waals surface area contributed by atoms with Crippen molar-refractivity contribution in [3.8, 4) is 0 Å². The maximum atomic E-state index is 13.3. The van der Waals surface area contributed by atoms with Crippen molar-refractivity contribution in [1.82, 2.24) is 14.5 Å². The number of halogens is 2. The van der Waals surface area contributed by atoms with E-state index in [-0.39, 0.29) is 42.1 Å². The lowest BCUT2D eigenvalue weighted by Gasteiger charge is -2.31. The number of nitrogens with zero attached hydrogens (tertiary/aromatic N) is 3. The van der Waals surface area contributed by atoms with Crippen LogP contribution in [0.2, 0.25) is 0 Å². The summed E-state index contributed by atoms with van der Waals surface area (Å²) in [6.45, 7) is 3.37. The molecule has 2 aromatic carbocycles. The van der Waals surface area contributed by atoms with Crippen molar-refractivity contribution >= 4 is 17.5 Å². The molecule has 0 radical (unpaired) electrons. The summed E-state index contributed by atoms with van der Waals surface area (Å²) in [6.07, 6.45) is 2.49. The molecule has 182 valence electrons. The summed E-state index contributed by atoms with van der Waals surface area (Å²) in [4.78, 5) is 32.0. The lowest BCUT2D eigenvalue weighted by Crippen LogP contribution is -2.42. The van der Waals surface area contributed by atoms with Crippen molar-refractivity contribution in [2.45, 2.75) is 39.0 Å². The fourth-order valence-electron chi connectivity index (χ4n) is 4.68. The molecule has 0 spiro atoms. The van der Waals surface area contributed by atoms with Crippen LogP contribution in [0.25, 0.3) is 0 Å². The number of carbonyl (C=O) groups excluding carboxylic acids is 2. The molecule has 1 N–H and O–H groups in total. The second kappa shape index (κ2) is 9.58. The van der Waals surface area contributed by atoms with E-state index in [1.807, 2.05) is 4.57 Å². The average molecular weight is 481 g/mol. The van der Waals surface area contributed by atoms with Gasteiger partial charge >= 0.3 is 0 Å². The zero-order valence-corrected chi connectivity index (χ0v) is 19.3. The summed E-state index contributed by atoms with van der Waals surface area (Å²) >= 11 is 0. The molecule has 1 atom stereocenters. The van der Waals surface area contributed by atoms with Gasteiger partial charge in [-0.25, -0.2) is 13.8 Å². The van der Waals surface area contributed by atoms with Crippen LogP contribution >= 0.6 is 0 Å². The standard InChI is InChI=1S/C26H26F2N4O3/c1-16-12-20(28)6-7-21(16)30-25(33)18-8-10-31(11-9-18)26(34)24-22-14-35-23(13-32(22)15-29-24)17-2-4-19(27)5-3-17/h2-7,12,15,18,23H,8-11,13-14H2,1H3,(H,30,33). The molecule has 2 aliphatic rings. The number of anilines is 1. The van der Waals surface area contributed by atoms with E-state index < -0.39 is 0 Å². The van der Waals surface area contributed by atoms with Crippen LogP contribution in [0.1, 0.15) is 46.3 Å². The van der Waals surface area contributed by atoms with Crippen LogP contribution in [-0.2, 0) is 22.7 Å². The SMILES string of the molecule is Cc1cc(F)ccc1NC(=O)C1CCN(C(=O)c2ncn3c2COC(c2ccc(F)cc2)C3)CC1. The summed E-state index contributed by atoms with van der Waals surface area (Å²) < 4.78 is 34.4. The Bertz CT molecular complexity index is 1250. The summed E-state index contributed by atoms with van der Waals surface area (Å²) in [5.41, 5.74) is 3.22. The van der Waals surface area contributed by atoms with Gasteiger partial charge in [-0.1, -0.05) is 12.1 Å². The zero-order chi connectivity index (χ0) is 24.5. The second-order valence-corrected chi connectivity index (χ2v) is 9.06. The zero-order valence-electron chi connectivity index (χ0n) is 19.3.